The van der Waals surface area contributed by atoms with Crippen LogP contribution in [-0.2, 0) is 9.47 Å². The molecule has 0 radical (unpaired) electrons. The van der Waals surface area contributed by atoms with Gasteiger partial charge < -0.3 is 19.7 Å². The molecule has 5 nitrogen and oxygen atoms in total. The van der Waals surface area contributed by atoms with Crippen molar-refractivity contribution in [1.29, 1.82) is 0 Å². The molecule has 2 heterocycles. The van der Waals surface area contributed by atoms with Crippen molar-refractivity contribution in [2.75, 3.05) is 26.3 Å². The fraction of sp³-hybridized carbons (Fsp3) is 0.632. The van der Waals surface area contributed by atoms with E-state index in [0.29, 0.717) is 38.1 Å². The van der Waals surface area contributed by atoms with Crippen molar-refractivity contribution in [2.24, 2.45) is 11.8 Å². The second-order valence-corrected chi connectivity index (χ2v) is 7.31. The van der Waals surface area contributed by atoms with Gasteiger partial charge in [0.1, 0.15) is 0 Å². The van der Waals surface area contributed by atoms with E-state index < -0.39 is 5.79 Å². The number of rotatable bonds is 3. The molecule has 24 heavy (non-hydrogen) atoms. The van der Waals surface area contributed by atoms with Crippen molar-refractivity contribution >= 4 is 6.03 Å². The average molecular weight is 330 g/mol. The Hall–Kier alpha value is -1.59. The predicted molar refractivity (Wildman–Crippen MR) is 90.4 cm³/mol. The third-order valence-electron chi connectivity index (χ3n) is 5.66. The van der Waals surface area contributed by atoms with Crippen LogP contribution < -0.4 is 5.32 Å². The SMILES string of the molecule is C[C@@H]1C[C@@H]1[C@H](NC(=O)N1CCC2(CC1)OCCO2)c1ccccc1. The minimum absolute atomic E-state index is 0.0378. The number of hydrogen-bond donors (Lipinski definition) is 1. The fourth-order valence-corrected chi connectivity index (χ4v) is 3.97. The van der Waals surface area contributed by atoms with Crippen LogP contribution in [0.3, 0.4) is 0 Å². The molecule has 1 saturated carbocycles. The van der Waals surface area contributed by atoms with Crippen LogP contribution in [-0.4, -0.2) is 43.0 Å². The molecule has 4 rings (SSSR count). The molecule has 5 heteroatoms. The number of piperidine rings is 1. The molecular formula is C19H26N2O3. The Morgan fingerprint density at radius 2 is 1.83 bits per heavy atom. The van der Waals surface area contributed by atoms with Crippen molar-refractivity contribution in [1.82, 2.24) is 10.2 Å². The van der Waals surface area contributed by atoms with E-state index in [0.717, 1.165) is 12.8 Å². The standard InChI is InChI=1S/C19H26N2O3/c1-14-13-16(14)17(15-5-3-2-4-6-15)20-18(22)21-9-7-19(8-10-21)23-11-12-24-19/h2-6,14,16-17H,7-13H2,1H3,(H,20,22)/t14-,16+,17-/m1/s1. The van der Waals surface area contributed by atoms with Gasteiger partial charge in [-0.2, -0.15) is 0 Å². The van der Waals surface area contributed by atoms with E-state index in [4.69, 9.17) is 9.47 Å². The monoisotopic (exact) mass is 330 g/mol. The van der Waals surface area contributed by atoms with Gasteiger partial charge in [0.15, 0.2) is 5.79 Å². The van der Waals surface area contributed by atoms with E-state index >= 15 is 0 Å². The molecule has 0 unspecified atom stereocenters. The van der Waals surface area contributed by atoms with E-state index in [1.165, 1.54) is 12.0 Å². The average Bonchev–Trinajstić information content (AvgIpc) is 3.16. The summed E-state index contributed by atoms with van der Waals surface area (Å²) in [5, 5.41) is 3.28. The molecule has 2 aliphatic heterocycles. The third kappa shape index (κ3) is 3.15. The molecule has 2 saturated heterocycles. The molecule has 1 aliphatic carbocycles. The quantitative estimate of drug-likeness (QED) is 0.927. The van der Waals surface area contributed by atoms with Gasteiger partial charge in [-0.3, -0.25) is 0 Å². The van der Waals surface area contributed by atoms with Gasteiger partial charge in [-0.05, 0) is 23.8 Å². The van der Waals surface area contributed by atoms with E-state index in [1.54, 1.807) is 0 Å². The lowest BCUT2D eigenvalue weighted by Gasteiger charge is -2.38. The number of ether oxygens (including phenoxy) is 2. The van der Waals surface area contributed by atoms with Crippen LogP contribution in [0.15, 0.2) is 30.3 Å². The minimum Gasteiger partial charge on any atom is -0.347 e. The molecule has 0 bridgehead atoms. The number of carbonyl (C=O) groups is 1. The highest BCUT2D eigenvalue weighted by molar-refractivity contribution is 5.75. The highest BCUT2D eigenvalue weighted by Gasteiger charge is 2.43. The van der Waals surface area contributed by atoms with Crippen molar-refractivity contribution < 1.29 is 14.3 Å². The zero-order valence-electron chi connectivity index (χ0n) is 14.2. The van der Waals surface area contributed by atoms with Gasteiger partial charge in [0.25, 0.3) is 0 Å². The first-order valence-electron chi connectivity index (χ1n) is 9.05. The Labute approximate surface area is 143 Å². The highest BCUT2D eigenvalue weighted by Crippen LogP contribution is 2.47. The molecule has 1 spiro atoms. The van der Waals surface area contributed by atoms with Crippen LogP contribution >= 0.6 is 0 Å². The number of likely N-dealkylation sites (tertiary alicyclic amines) is 1. The summed E-state index contributed by atoms with van der Waals surface area (Å²) in [5.41, 5.74) is 1.20. The second-order valence-electron chi connectivity index (χ2n) is 7.31. The highest BCUT2D eigenvalue weighted by atomic mass is 16.7. The van der Waals surface area contributed by atoms with Gasteiger partial charge in [0.2, 0.25) is 0 Å². The van der Waals surface area contributed by atoms with E-state index in [2.05, 4.69) is 24.4 Å². The Morgan fingerprint density at radius 1 is 1.21 bits per heavy atom. The lowest BCUT2D eigenvalue weighted by molar-refractivity contribution is -0.181. The zero-order valence-corrected chi connectivity index (χ0v) is 14.2. The number of carbonyl (C=O) groups excluding carboxylic acids is 1. The maximum absolute atomic E-state index is 12.8. The largest absolute Gasteiger partial charge is 0.347 e. The molecule has 1 N–H and O–H groups in total. The molecule has 3 aliphatic rings. The number of urea groups is 1. The van der Waals surface area contributed by atoms with Crippen LogP contribution in [0, 0.1) is 11.8 Å². The van der Waals surface area contributed by atoms with E-state index in [-0.39, 0.29) is 12.1 Å². The summed E-state index contributed by atoms with van der Waals surface area (Å²) in [6, 6.07) is 10.5. The molecule has 2 amide bonds. The van der Waals surface area contributed by atoms with Crippen molar-refractivity contribution in [3.63, 3.8) is 0 Å². The van der Waals surface area contributed by atoms with Gasteiger partial charge in [-0.15, -0.1) is 0 Å². The summed E-state index contributed by atoms with van der Waals surface area (Å²) in [6.45, 7) is 4.97. The summed E-state index contributed by atoms with van der Waals surface area (Å²) in [5.74, 6) is 0.801. The van der Waals surface area contributed by atoms with Gasteiger partial charge in [-0.25, -0.2) is 4.79 Å². The predicted octanol–water partition coefficient (Wildman–Crippen LogP) is 2.93. The number of hydrogen-bond acceptors (Lipinski definition) is 3. The van der Waals surface area contributed by atoms with Gasteiger partial charge in [0, 0.05) is 25.9 Å². The van der Waals surface area contributed by atoms with Crippen LogP contribution in [0.2, 0.25) is 0 Å². The number of amides is 2. The van der Waals surface area contributed by atoms with Crippen LogP contribution in [0.4, 0.5) is 4.79 Å². The van der Waals surface area contributed by atoms with Gasteiger partial charge in [0.05, 0.1) is 19.3 Å². The smallest absolute Gasteiger partial charge is 0.317 e. The van der Waals surface area contributed by atoms with Crippen molar-refractivity contribution in [3.05, 3.63) is 35.9 Å². The maximum atomic E-state index is 12.8. The lowest BCUT2D eigenvalue weighted by atomic mass is 10.0. The molecule has 3 atom stereocenters. The Balaban J connectivity index is 1.39. The summed E-state index contributed by atoms with van der Waals surface area (Å²) >= 11 is 0. The Morgan fingerprint density at radius 3 is 2.42 bits per heavy atom. The van der Waals surface area contributed by atoms with Crippen molar-refractivity contribution in [2.45, 2.75) is 38.0 Å². The molecule has 3 fully saturated rings. The molecular weight excluding hydrogens is 304 g/mol. The third-order valence-corrected chi connectivity index (χ3v) is 5.66. The first-order chi connectivity index (χ1) is 11.7. The molecule has 0 aromatic heterocycles. The number of benzene rings is 1. The molecule has 1 aromatic carbocycles. The fourth-order valence-electron chi connectivity index (χ4n) is 3.97. The second kappa shape index (κ2) is 6.37. The first-order valence-corrected chi connectivity index (χ1v) is 9.05. The summed E-state index contributed by atoms with van der Waals surface area (Å²) in [7, 11) is 0. The normalized spacial score (nSPS) is 29.5. The van der Waals surface area contributed by atoms with E-state index in [1.807, 2.05) is 23.1 Å². The topological polar surface area (TPSA) is 50.8 Å². The number of nitrogens with one attached hydrogen (secondary N) is 1. The minimum atomic E-state index is -0.430. The van der Waals surface area contributed by atoms with Gasteiger partial charge >= 0.3 is 6.03 Å². The Bertz CT molecular complexity index is 576. The van der Waals surface area contributed by atoms with Crippen LogP contribution in [0.5, 0.6) is 0 Å². The maximum Gasteiger partial charge on any atom is 0.317 e. The van der Waals surface area contributed by atoms with Crippen molar-refractivity contribution in [3.8, 4) is 0 Å². The van der Waals surface area contributed by atoms with Crippen LogP contribution in [0.1, 0.15) is 37.8 Å². The zero-order chi connectivity index (χ0) is 16.6. The number of nitrogens with zero attached hydrogens (tertiary/aromatic N) is 1. The summed E-state index contributed by atoms with van der Waals surface area (Å²) in [4.78, 5) is 14.7. The van der Waals surface area contributed by atoms with Crippen LogP contribution in [0.25, 0.3) is 0 Å². The van der Waals surface area contributed by atoms with E-state index in [9.17, 15) is 4.79 Å². The lowest BCUT2D eigenvalue weighted by Crippen LogP contribution is -2.51. The summed E-state index contributed by atoms with van der Waals surface area (Å²) < 4.78 is 11.5. The first kappa shape index (κ1) is 15.9. The Kier molecular flexibility index (Phi) is 4.22. The summed E-state index contributed by atoms with van der Waals surface area (Å²) in [6.07, 6.45) is 2.71. The molecule has 130 valence electrons. The van der Waals surface area contributed by atoms with Gasteiger partial charge in [-0.1, -0.05) is 37.3 Å². The molecule has 1 aromatic rings.